The molecule has 0 spiro atoms. The second-order valence-electron chi connectivity index (χ2n) is 6.81. The number of benzene rings is 4. The third-order valence-corrected chi connectivity index (χ3v) is 6.24. The van der Waals surface area contributed by atoms with Crippen LogP contribution < -0.4 is 14.8 Å². The molecule has 156 valence electrons. The summed E-state index contributed by atoms with van der Waals surface area (Å²) in [4.78, 5) is 12.7. The third-order valence-electron chi connectivity index (χ3n) is 4.80. The van der Waals surface area contributed by atoms with Crippen molar-refractivity contribution in [2.45, 2.75) is 4.90 Å². The van der Waals surface area contributed by atoms with Gasteiger partial charge in [-0.25, -0.2) is 8.42 Å². The first-order chi connectivity index (χ1) is 15.0. The fraction of sp³-hybridized carbons (Fsp3) is 0.0417. The van der Waals surface area contributed by atoms with Crippen molar-refractivity contribution in [3.63, 3.8) is 0 Å². The van der Waals surface area contributed by atoms with Gasteiger partial charge in [0.15, 0.2) is 0 Å². The molecule has 0 fully saturated rings. The van der Waals surface area contributed by atoms with Gasteiger partial charge >= 0.3 is 0 Å². The molecule has 0 bridgehead atoms. The van der Waals surface area contributed by atoms with Crippen molar-refractivity contribution in [3.05, 3.63) is 96.6 Å². The smallest absolute Gasteiger partial charge is 0.262 e. The van der Waals surface area contributed by atoms with Crippen LogP contribution >= 0.6 is 0 Å². The van der Waals surface area contributed by atoms with Gasteiger partial charge in [-0.2, -0.15) is 0 Å². The van der Waals surface area contributed by atoms with Crippen molar-refractivity contribution < 1.29 is 17.9 Å². The zero-order valence-corrected chi connectivity index (χ0v) is 17.5. The van der Waals surface area contributed by atoms with E-state index in [1.165, 1.54) is 6.07 Å². The van der Waals surface area contributed by atoms with Gasteiger partial charge in [-0.1, -0.05) is 42.5 Å². The maximum atomic E-state index is 13.1. The van der Waals surface area contributed by atoms with Crippen LogP contribution in [0.1, 0.15) is 10.4 Å². The highest BCUT2D eigenvalue weighted by Gasteiger charge is 2.19. The van der Waals surface area contributed by atoms with E-state index in [1.807, 2.05) is 6.07 Å². The molecule has 2 N–H and O–H groups in total. The summed E-state index contributed by atoms with van der Waals surface area (Å²) in [7, 11) is -2.32. The molecule has 7 heteroatoms. The SMILES string of the molecule is [11CH3]Oc1ccc(NS(=O)(=O)c2ccc(NC(=O)c3ccccc3)c3ccccc23)cc1. The number of anilines is 2. The summed E-state index contributed by atoms with van der Waals surface area (Å²) in [6.07, 6.45) is 0. The van der Waals surface area contributed by atoms with Crippen LogP contribution in [-0.4, -0.2) is 21.4 Å². The molecule has 0 saturated heterocycles. The summed E-state index contributed by atoms with van der Waals surface area (Å²) in [6.45, 7) is 0. The van der Waals surface area contributed by atoms with Gasteiger partial charge in [0.1, 0.15) is 5.75 Å². The number of ether oxygens (including phenoxy) is 1. The Kier molecular flexibility index (Phi) is 5.60. The first kappa shape index (κ1) is 20.4. The van der Waals surface area contributed by atoms with Crippen LogP contribution in [0, 0.1) is 0 Å². The Morgan fingerprint density at radius 1 is 0.774 bits per heavy atom. The molecule has 0 aliphatic heterocycles. The summed E-state index contributed by atoms with van der Waals surface area (Å²) in [5.41, 5.74) is 1.48. The van der Waals surface area contributed by atoms with Gasteiger partial charge in [-0.15, -0.1) is 0 Å². The van der Waals surface area contributed by atoms with Crippen molar-refractivity contribution in [1.29, 1.82) is 0 Å². The molecule has 0 aliphatic rings. The second kappa shape index (κ2) is 8.49. The predicted molar refractivity (Wildman–Crippen MR) is 122 cm³/mol. The fourth-order valence-corrected chi connectivity index (χ4v) is 4.54. The highest BCUT2D eigenvalue weighted by molar-refractivity contribution is 7.93. The van der Waals surface area contributed by atoms with E-state index >= 15 is 0 Å². The standard InChI is InChI=1S/C24H20N2O4S/c1-30-19-13-11-18(12-14-19)26-31(28,29)23-16-15-22(20-9-5-6-10-21(20)23)25-24(27)17-7-3-2-4-8-17/h2-16,26H,1H3,(H,25,27)/i1-1. The quantitative estimate of drug-likeness (QED) is 0.455. The van der Waals surface area contributed by atoms with Crippen molar-refractivity contribution in [2.75, 3.05) is 17.1 Å². The topological polar surface area (TPSA) is 84.5 Å². The molecule has 4 aromatic carbocycles. The van der Waals surface area contributed by atoms with Crippen molar-refractivity contribution >= 4 is 38.1 Å². The Labute approximate surface area is 180 Å². The van der Waals surface area contributed by atoms with Crippen LogP contribution in [0.2, 0.25) is 0 Å². The number of sulfonamides is 1. The van der Waals surface area contributed by atoms with Crippen LogP contribution in [0.4, 0.5) is 11.4 Å². The lowest BCUT2D eigenvalue weighted by molar-refractivity contribution is 0.102. The van der Waals surface area contributed by atoms with Crippen LogP contribution in [0.25, 0.3) is 10.8 Å². The largest absolute Gasteiger partial charge is 0.497 e. The molecule has 0 radical (unpaired) electrons. The minimum absolute atomic E-state index is 0.122. The molecule has 4 aromatic rings. The van der Waals surface area contributed by atoms with E-state index in [-0.39, 0.29) is 10.8 Å². The molecule has 4 rings (SSSR count). The molecule has 0 aromatic heterocycles. The van der Waals surface area contributed by atoms with Crippen LogP contribution in [0.5, 0.6) is 5.75 Å². The van der Waals surface area contributed by atoms with E-state index in [0.717, 1.165) is 0 Å². The highest BCUT2D eigenvalue weighted by Crippen LogP contribution is 2.31. The van der Waals surface area contributed by atoms with Gasteiger partial charge < -0.3 is 10.1 Å². The Hall–Kier alpha value is -3.84. The van der Waals surface area contributed by atoms with Gasteiger partial charge in [0.05, 0.1) is 12.0 Å². The summed E-state index contributed by atoms with van der Waals surface area (Å²) in [5, 5.41) is 4.01. The van der Waals surface area contributed by atoms with Gasteiger partial charge in [0, 0.05) is 27.7 Å². The van der Waals surface area contributed by atoms with Gasteiger partial charge in [0.25, 0.3) is 15.9 Å². The van der Waals surface area contributed by atoms with Crippen LogP contribution in [-0.2, 0) is 10.0 Å². The summed E-state index contributed by atoms with van der Waals surface area (Å²) < 4.78 is 33.9. The van der Waals surface area contributed by atoms with E-state index in [4.69, 9.17) is 4.74 Å². The van der Waals surface area contributed by atoms with Crippen LogP contribution in [0.15, 0.2) is 95.9 Å². The third kappa shape index (κ3) is 4.36. The van der Waals surface area contributed by atoms with E-state index in [0.29, 0.717) is 33.5 Å². The normalized spacial score (nSPS) is 11.1. The Bertz CT molecular complexity index is 1340. The molecular weight excluding hydrogens is 411 g/mol. The number of rotatable bonds is 6. The number of carbonyl (C=O) groups is 1. The zero-order chi connectivity index (χ0) is 21.8. The number of methoxy groups -OCH3 is 1. The number of nitrogens with one attached hydrogen (secondary N) is 2. The first-order valence-electron chi connectivity index (χ1n) is 9.53. The van der Waals surface area contributed by atoms with Crippen LogP contribution in [0.3, 0.4) is 0 Å². The zero-order valence-electron chi connectivity index (χ0n) is 16.7. The molecule has 0 unspecified atom stereocenters. The number of amides is 1. The molecule has 0 saturated carbocycles. The average molecular weight is 432 g/mol. The van der Waals surface area contributed by atoms with Gasteiger partial charge in [0.2, 0.25) is 0 Å². The number of fused-ring (bicyclic) bond motifs is 1. The van der Waals surface area contributed by atoms with Gasteiger partial charge in [-0.05, 0) is 48.5 Å². The molecule has 31 heavy (non-hydrogen) atoms. The van der Waals surface area contributed by atoms with Crippen molar-refractivity contribution in [1.82, 2.24) is 0 Å². The van der Waals surface area contributed by atoms with E-state index in [9.17, 15) is 13.2 Å². The van der Waals surface area contributed by atoms with E-state index in [1.54, 1.807) is 86.0 Å². The molecule has 0 aliphatic carbocycles. The monoisotopic (exact) mass is 431 g/mol. The lowest BCUT2D eigenvalue weighted by Crippen LogP contribution is -2.15. The van der Waals surface area contributed by atoms with E-state index < -0.39 is 10.0 Å². The Morgan fingerprint density at radius 2 is 1.42 bits per heavy atom. The maximum Gasteiger partial charge on any atom is 0.262 e. The highest BCUT2D eigenvalue weighted by atomic mass is 32.2. The summed E-state index contributed by atoms with van der Waals surface area (Å²) >= 11 is 0. The molecule has 6 nitrogen and oxygen atoms in total. The number of carbonyl (C=O) groups excluding carboxylic acids is 1. The average Bonchev–Trinajstić information content (AvgIpc) is 2.80. The van der Waals surface area contributed by atoms with E-state index in [2.05, 4.69) is 10.0 Å². The molecule has 0 heterocycles. The van der Waals surface area contributed by atoms with Crippen molar-refractivity contribution in [2.24, 2.45) is 0 Å². The lowest BCUT2D eigenvalue weighted by atomic mass is 10.1. The second-order valence-corrected chi connectivity index (χ2v) is 8.46. The Morgan fingerprint density at radius 3 is 2.10 bits per heavy atom. The minimum Gasteiger partial charge on any atom is -0.497 e. The minimum atomic E-state index is -3.86. The van der Waals surface area contributed by atoms with Gasteiger partial charge in [-0.3, -0.25) is 9.52 Å². The lowest BCUT2D eigenvalue weighted by Gasteiger charge is -2.14. The molecular formula is C24H20N2O4S. The number of hydrogen-bond acceptors (Lipinski definition) is 4. The molecule has 1 amide bonds. The maximum absolute atomic E-state index is 13.1. The number of hydrogen-bond donors (Lipinski definition) is 2. The fourth-order valence-electron chi connectivity index (χ4n) is 3.27. The summed E-state index contributed by atoms with van der Waals surface area (Å²) in [6, 6.07) is 25.6. The summed E-state index contributed by atoms with van der Waals surface area (Å²) in [5.74, 6) is 0.365. The van der Waals surface area contributed by atoms with Crippen molar-refractivity contribution in [3.8, 4) is 5.75 Å². The molecule has 0 atom stereocenters. The Balaban J connectivity index is 1.69. The predicted octanol–water partition coefficient (Wildman–Crippen LogP) is 4.90. The first-order valence-corrected chi connectivity index (χ1v) is 11.0.